The average Bonchev–Trinajstić information content (AvgIpc) is 3.70. The average molecular weight is 1100 g/mol. The second-order valence-corrected chi connectivity index (χ2v) is 21.4. The molecular weight excluding hydrogens is 1050 g/mol. The summed E-state index contributed by atoms with van der Waals surface area (Å²) in [5.41, 5.74) is 12.6. The summed E-state index contributed by atoms with van der Waals surface area (Å²) in [6.45, 7) is 0. The van der Waals surface area contributed by atoms with Crippen LogP contribution < -0.4 is 11.4 Å². The van der Waals surface area contributed by atoms with Crippen LogP contribution in [0.4, 0.5) is 0 Å². The van der Waals surface area contributed by atoms with Crippen LogP contribution in [0.5, 0.6) is 17.2 Å². The van der Waals surface area contributed by atoms with Gasteiger partial charge in [-0.1, -0.05) is 249 Å². The van der Waals surface area contributed by atoms with Crippen molar-refractivity contribution in [1.29, 1.82) is 0 Å². The van der Waals surface area contributed by atoms with Gasteiger partial charge in [-0.15, -0.1) is 0 Å². The van der Waals surface area contributed by atoms with E-state index in [-0.39, 0.29) is 11.8 Å². The van der Waals surface area contributed by atoms with E-state index in [4.69, 9.17) is 11.4 Å². The van der Waals surface area contributed by atoms with Gasteiger partial charge in [0.2, 0.25) is 0 Å². The molecule has 83 heavy (non-hydrogen) atoms. The minimum absolute atomic E-state index is 0.149. The molecule has 0 fully saturated rings. The molecule has 2 radical (unpaired) electrons. The topological polar surface area (TPSA) is 78.7 Å². The summed E-state index contributed by atoms with van der Waals surface area (Å²) in [4.78, 5) is 13.5. The maximum Gasteiger partial charge on any atom is 1.20 e. The summed E-state index contributed by atoms with van der Waals surface area (Å²) in [7, 11) is 6.97. The minimum Gasteiger partial charge on any atom is -0.576 e. The first-order valence-corrected chi connectivity index (χ1v) is 29.3. The second-order valence-electron chi connectivity index (χ2n) is 19.8. The zero-order valence-electron chi connectivity index (χ0n) is 45.2. The molecule has 0 bridgehead atoms. The Bertz CT molecular complexity index is 4120. The Morgan fingerprint density at radius 3 is 0.976 bits per heavy atom. The molecule has 0 saturated heterocycles. The molecule has 7 nitrogen and oxygen atoms in total. The maximum atomic E-state index is 6.41. The van der Waals surface area contributed by atoms with Crippen molar-refractivity contribution in [3.05, 3.63) is 337 Å². The molecule has 0 aliphatic rings. The van der Waals surface area contributed by atoms with Gasteiger partial charge < -0.3 is 16.0 Å². The molecule has 3 aromatic heterocycles. The summed E-state index contributed by atoms with van der Waals surface area (Å²) in [6.07, 6.45) is 5.24. The molecule has 3 heterocycles. The van der Waals surface area contributed by atoms with E-state index in [0.29, 0.717) is 17.2 Å². The van der Waals surface area contributed by atoms with Crippen LogP contribution in [-0.4, -0.2) is 38.1 Å². The van der Waals surface area contributed by atoms with Crippen LogP contribution in [-0.2, 0) is 0 Å². The Balaban J connectivity index is 0.000000163. The molecule has 394 valence electrons. The molecular formula is C73H53AlBN4O3P. The van der Waals surface area contributed by atoms with Crippen LogP contribution in [0.25, 0.3) is 65.4 Å². The van der Waals surface area contributed by atoms with Gasteiger partial charge in [-0.05, 0) is 111 Å². The van der Waals surface area contributed by atoms with Crippen molar-refractivity contribution in [2.75, 3.05) is 0 Å². The molecule has 14 rings (SSSR count). The van der Waals surface area contributed by atoms with E-state index in [9.17, 15) is 0 Å². The van der Waals surface area contributed by atoms with E-state index in [1.807, 2.05) is 91.0 Å². The Labute approximate surface area is 491 Å². The zero-order chi connectivity index (χ0) is 56.2. The third-order valence-corrected chi connectivity index (χ3v) is 16.2. The van der Waals surface area contributed by atoms with E-state index in [1.54, 1.807) is 18.6 Å². The highest BCUT2D eigenvalue weighted by Gasteiger charge is 2.46. The van der Waals surface area contributed by atoms with Crippen molar-refractivity contribution < 1.29 is 11.4 Å². The van der Waals surface area contributed by atoms with E-state index in [1.165, 1.54) is 66.1 Å². The molecule has 0 amide bonds. The first kappa shape index (κ1) is 53.9. The lowest BCUT2D eigenvalue weighted by atomic mass is 9.81. The van der Waals surface area contributed by atoms with Gasteiger partial charge in [0.15, 0.2) is 0 Å². The molecule has 0 saturated carbocycles. The van der Waals surface area contributed by atoms with Gasteiger partial charge >= 0.3 is 15.1 Å². The fourth-order valence-electron chi connectivity index (χ4n) is 11.0. The van der Waals surface area contributed by atoms with Crippen molar-refractivity contribution in [2.24, 2.45) is 4.66 Å². The van der Waals surface area contributed by atoms with Gasteiger partial charge in [-0.25, -0.2) is 0 Å². The van der Waals surface area contributed by atoms with Crippen molar-refractivity contribution in [3.8, 4) is 28.4 Å². The summed E-state index contributed by atoms with van der Waals surface area (Å²) in [5, 5.41) is 8.09. The van der Waals surface area contributed by atoms with Crippen molar-refractivity contribution in [3.63, 3.8) is 0 Å². The normalized spacial score (nSPS) is 11.6. The van der Waals surface area contributed by atoms with Crippen LogP contribution >= 0.6 is 9.03 Å². The molecule has 0 N–H and O–H groups in total. The molecule has 2 atom stereocenters. The molecule has 2 unspecified atom stereocenters. The van der Waals surface area contributed by atoms with Gasteiger partial charge in [-0.3, -0.25) is 15.0 Å². The van der Waals surface area contributed by atoms with Gasteiger partial charge in [0.05, 0.1) is 0 Å². The quantitative estimate of drug-likeness (QED) is 0.0650. The van der Waals surface area contributed by atoms with Crippen molar-refractivity contribution >= 4 is 86.4 Å². The molecule has 10 heteroatoms. The van der Waals surface area contributed by atoms with Crippen LogP contribution in [0.1, 0.15) is 45.2 Å². The Morgan fingerprint density at radius 2 is 0.602 bits per heavy atom. The Hall–Kier alpha value is -9.73. The van der Waals surface area contributed by atoms with Gasteiger partial charge in [0.25, 0.3) is 7.98 Å². The highest BCUT2D eigenvalue weighted by molar-refractivity contribution is 7.05. The number of nitrogens with zero attached hydrogens (tertiary/aromatic N) is 4. The number of rotatable bonds is 13. The lowest BCUT2D eigenvalue weighted by Gasteiger charge is -2.22. The SMILES string of the molecule is [B]N=P.c1ccc(C(c2ccc(-c3ccc(C(c4ccccc4)c4cccc5ccccc45)cc3)cc2)c2cccc3ccccc23)cc1.c1cnc2c([O][Al]([O]c3cccc4cccnc34)[O]c3cccc4cccnc34)cccc2c1. The first-order chi connectivity index (χ1) is 41.1. The number of hydrogen-bond acceptors (Lipinski definition) is 7. The van der Waals surface area contributed by atoms with Crippen LogP contribution in [0.2, 0.25) is 0 Å². The van der Waals surface area contributed by atoms with Gasteiger partial charge in [-0.2, -0.15) is 0 Å². The van der Waals surface area contributed by atoms with Crippen molar-refractivity contribution in [1.82, 2.24) is 15.0 Å². The van der Waals surface area contributed by atoms with Crippen molar-refractivity contribution in [2.45, 2.75) is 11.8 Å². The Morgan fingerprint density at radius 1 is 0.313 bits per heavy atom. The predicted molar refractivity (Wildman–Crippen MR) is 344 cm³/mol. The second kappa shape index (κ2) is 25.8. The molecule has 0 aliphatic heterocycles. The van der Waals surface area contributed by atoms with Crippen LogP contribution in [0, 0.1) is 0 Å². The highest BCUT2D eigenvalue weighted by atomic mass is 31.0. The zero-order valence-corrected chi connectivity index (χ0v) is 47.3. The largest absolute Gasteiger partial charge is 1.20 e. The number of para-hydroxylation sites is 3. The molecule has 14 aromatic rings. The number of pyridine rings is 3. The predicted octanol–water partition coefficient (Wildman–Crippen LogP) is 18.3. The standard InChI is InChI=1S/C46H34.3C9H7NO.Al.BHNP/c1-3-15-37(16-4-1)45(43-23-11-19-35-13-7-9-21-41(35)43)39-29-25-33(26-30-39)34-27-31-40(32-28-34)46(38-17-5-2-6-18-38)44-24-12-20-36-14-8-10-22-42(36)44;3*11-8-5-1-3-7-4-2-6-10-9(7)8;;1-2-3/h1-32,45-46H;3*1-6,11H;;3H/q;;;;+3;/p-3. The number of hydrogen-bond donors (Lipinski definition) is 0. The number of aromatic nitrogens is 3. The fraction of sp³-hybridized carbons (Fsp3) is 0.0274. The maximum absolute atomic E-state index is 6.41. The van der Waals surface area contributed by atoms with Crippen LogP contribution in [0.3, 0.4) is 0 Å². The van der Waals surface area contributed by atoms with Gasteiger partial charge in [0.1, 0.15) is 33.8 Å². The van der Waals surface area contributed by atoms with E-state index in [2.05, 4.69) is 231 Å². The minimum atomic E-state index is -2.86. The fourth-order valence-corrected chi connectivity index (χ4v) is 12.4. The number of benzene rings is 11. The molecule has 0 spiro atoms. The molecule has 11 aromatic carbocycles. The van der Waals surface area contributed by atoms with E-state index >= 15 is 0 Å². The lowest BCUT2D eigenvalue weighted by molar-refractivity contribution is 0.311. The Kier molecular flexibility index (Phi) is 16.8. The lowest BCUT2D eigenvalue weighted by Crippen LogP contribution is -2.37. The summed E-state index contributed by atoms with van der Waals surface area (Å²) >= 11 is -2.86. The summed E-state index contributed by atoms with van der Waals surface area (Å²) < 4.78 is 22.0. The monoisotopic (exact) mass is 1100 g/mol. The first-order valence-electron chi connectivity index (χ1n) is 27.4. The van der Waals surface area contributed by atoms with E-state index < -0.39 is 15.1 Å². The summed E-state index contributed by atoms with van der Waals surface area (Å²) in [5.74, 6) is 2.12. The molecule has 0 aliphatic carbocycles. The van der Waals surface area contributed by atoms with E-state index in [0.717, 1.165) is 32.7 Å². The van der Waals surface area contributed by atoms with Crippen LogP contribution in [0.15, 0.2) is 308 Å². The highest BCUT2D eigenvalue weighted by Crippen LogP contribution is 2.40. The number of fused-ring (bicyclic) bond motifs is 5. The van der Waals surface area contributed by atoms with Gasteiger partial charge in [0, 0.05) is 46.6 Å². The smallest absolute Gasteiger partial charge is 0.576 e. The summed E-state index contributed by atoms with van der Waals surface area (Å²) in [6, 6.07) is 100. The third kappa shape index (κ3) is 12.2. The third-order valence-electron chi connectivity index (χ3n) is 14.8.